The summed E-state index contributed by atoms with van der Waals surface area (Å²) in [6, 6.07) is 0. The quantitative estimate of drug-likeness (QED) is 0.396. The van der Waals surface area contributed by atoms with Crippen LogP contribution in [0.2, 0.25) is 0 Å². The molecule has 2 aromatic heterocycles. The van der Waals surface area contributed by atoms with Gasteiger partial charge in [-0.05, 0) is 43.6 Å². The lowest BCUT2D eigenvalue weighted by Gasteiger charge is -2.14. The molecule has 0 atom stereocenters. The van der Waals surface area contributed by atoms with Crippen LogP contribution in [0.15, 0.2) is 9.95 Å². The summed E-state index contributed by atoms with van der Waals surface area (Å²) in [7, 11) is -3.21. The molecule has 0 spiro atoms. The predicted octanol–water partition coefficient (Wildman–Crippen LogP) is 3.02. The van der Waals surface area contributed by atoms with E-state index in [1.54, 1.807) is 15.9 Å². The monoisotopic (exact) mass is 429 g/mol. The maximum atomic E-state index is 13.3. The van der Waals surface area contributed by atoms with Crippen LogP contribution in [-0.4, -0.2) is 36.5 Å². The van der Waals surface area contributed by atoms with Crippen LogP contribution >= 0.6 is 23.1 Å². The van der Waals surface area contributed by atoms with Crippen LogP contribution in [0, 0.1) is 5.92 Å². The van der Waals surface area contributed by atoms with Crippen LogP contribution in [0.4, 0.5) is 0 Å². The van der Waals surface area contributed by atoms with Crippen molar-refractivity contribution in [3.63, 3.8) is 0 Å². The Morgan fingerprint density at radius 3 is 2.74 bits per heavy atom. The van der Waals surface area contributed by atoms with E-state index in [9.17, 15) is 13.2 Å². The largest absolute Gasteiger partial charge is 0.287 e. The Labute approximate surface area is 168 Å². The molecule has 9 heteroatoms. The molecule has 3 rings (SSSR count). The first-order valence-corrected chi connectivity index (χ1v) is 13.1. The average Bonchev–Trinajstić information content (AvgIpc) is 2.95. The highest BCUT2D eigenvalue weighted by molar-refractivity contribution is 7.99. The minimum Gasteiger partial charge on any atom is -0.287 e. The highest BCUT2D eigenvalue weighted by atomic mass is 32.2. The summed E-state index contributed by atoms with van der Waals surface area (Å²) < 4.78 is 26.8. The maximum absolute atomic E-state index is 13.3. The van der Waals surface area contributed by atoms with Crippen molar-refractivity contribution in [3.05, 3.63) is 20.8 Å². The molecule has 150 valence electrons. The second-order valence-corrected chi connectivity index (χ2v) is 11.4. The number of sulfonamides is 1. The van der Waals surface area contributed by atoms with Crippen molar-refractivity contribution in [1.82, 2.24) is 14.3 Å². The molecule has 0 saturated carbocycles. The Morgan fingerprint density at radius 1 is 1.30 bits per heavy atom. The van der Waals surface area contributed by atoms with Gasteiger partial charge in [0, 0.05) is 23.7 Å². The molecule has 0 radical (unpaired) electrons. The number of rotatable bonds is 8. The van der Waals surface area contributed by atoms with Gasteiger partial charge in [-0.1, -0.05) is 25.6 Å². The number of thiophene rings is 1. The molecule has 0 amide bonds. The van der Waals surface area contributed by atoms with Crippen LogP contribution in [-0.2, 0) is 29.4 Å². The van der Waals surface area contributed by atoms with Gasteiger partial charge in [0.05, 0.1) is 11.6 Å². The predicted molar refractivity (Wildman–Crippen MR) is 114 cm³/mol. The van der Waals surface area contributed by atoms with Gasteiger partial charge in [-0.25, -0.2) is 18.1 Å². The average molecular weight is 430 g/mol. The smallest absolute Gasteiger partial charge is 0.263 e. The Kier molecular flexibility index (Phi) is 6.66. The van der Waals surface area contributed by atoms with Gasteiger partial charge in [0.1, 0.15) is 4.83 Å². The van der Waals surface area contributed by atoms with Gasteiger partial charge in [-0.2, -0.15) is 0 Å². The lowest BCUT2D eigenvalue weighted by atomic mass is 9.97. The highest BCUT2D eigenvalue weighted by Crippen LogP contribution is 2.34. The summed E-state index contributed by atoms with van der Waals surface area (Å²) >= 11 is 3.10. The Bertz CT molecular complexity index is 977. The van der Waals surface area contributed by atoms with Crippen molar-refractivity contribution in [3.8, 4) is 0 Å². The molecule has 1 aliphatic rings. The van der Waals surface area contributed by atoms with Crippen molar-refractivity contribution < 1.29 is 8.42 Å². The minimum absolute atomic E-state index is 0.0682. The van der Waals surface area contributed by atoms with Gasteiger partial charge in [-0.3, -0.25) is 9.36 Å². The number of aromatic nitrogens is 2. The number of hydrogen-bond acceptors (Lipinski definition) is 6. The molecule has 1 N–H and O–H groups in total. The van der Waals surface area contributed by atoms with E-state index in [1.807, 2.05) is 0 Å². The third-order valence-electron chi connectivity index (χ3n) is 4.67. The van der Waals surface area contributed by atoms with Crippen molar-refractivity contribution in [1.29, 1.82) is 0 Å². The second-order valence-electron chi connectivity index (χ2n) is 7.44. The van der Waals surface area contributed by atoms with E-state index >= 15 is 0 Å². The molecule has 1 aliphatic carbocycles. The molecule has 0 bridgehead atoms. The van der Waals surface area contributed by atoms with Gasteiger partial charge in [0.25, 0.3) is 5.56 Å². The standard InChI is InChI=1S/C18H27N3O3S3/c1-12(2)8-10-21-17(22)15-13-6-4-5-7-14(13)26-16(15)20-18(21)25-11-9-19-27(3,23)24/h12,19H,4-11H2,1-3H3. The van der Waals surface area contributed by atoms with Gasteiger partial charge < -0.3 is 0 Å². The first-order valence-electron chi connectivity index (χ1n) is 9.39. The van der Waals surface area contributed by atoms with E-state index < -0.39 is 10.0 Å². The number of thioether (sulfide) groups is 1. The maximum Gasteiger partial charge on any atom is 0.263 e. The fraction of sp³-hybridized carbons (Fsp3) is 0.667. The highest BCUT2D eigenvalue weighted by Gasteiger charge is 2.22. The molecule has 0 aliphatic heterocycles. The third-order valence-corrected chi connectivity index (χ3v) is 7.56. The van der Waals surface area contributed by atoms with Crippen LogP contribution in [0.1, 0.15) is 43.6 Å². The molecule has 2 heterocycles. The van der Waals surface area contributed by atoms with E-state index in [0.717, 1.165) is 42.2 Å². The lowest BCUT2D eigenvalue weighted by molar-refractivity contribution is 0.481. The zero-order valence-corrected chi connectivity index (χ0v) is 18.5. The van der Waals surface area contributed by atoms with Gasteiger partial charge in [0.2, 0.25) is 10.0 Å². The van der Waals surface area contributed by atoms with Crippen molar-refractivity contribution in [2.45, 2.75) is 57.7 Å². The fourth-order valence-corrected chi connectivity index (χ4v) is 6.07. The van der Waals surface area contributed by atoms with Crippen LogP contribution in [0.5, 0.6) is 0 Å². The summed E-state index contributed by atoms with van der Waals surface area (Å²) in [5, 5.41) is 1.51. The minimum atomic E-state index is -3.21. The Balaban J connectivity index is 1.94. The van der Waals surface area contributed by atoms with Gasteiger partial charge in [-0.15, -0.1) is 11.3 Å². The van der Waals surface area contributed by atoms with E-state index in [-0.39, 0.29) is 5.56 Å². The zero-order chi connectivity index (χ0) is 19.6. The molecule has 0 unspecified atom stereocenters. The molecule has 0 saturated heterocycles. The first kappa shape index (κ1) is 20.8. The SMILES string of the molecule is CC(C)CCn1c(SCCNS(C)(=O)=O)nc2sc3c(c2c1=O)CCCC3. The lowest BCUT2D eigenvalue weighted by Crippen LogP contribution is -2.26. The number of nitrogens with zero attached hydrogens (tertiary/aromatic N) is 2. The second kappa shape index (κ2) is 8.63. The molecular formula is C18H27N3O3S3. The molecule has 6 nitrogen and oxygen atoms in total. The van der Waals surface area contributed by atoms with Crippen LogP contribution in [0.25, 0.3) is 10.2 Å². The van der Waals surface area contributed by atoms with Crippen molar-refractivity contribution in [2.24, 2.45) is 5.92 Å². The summed E-state index contributed by atoms with van der Waals surface area (Å²) in [5.41, 5.74) is 1.28. The normalized spacial score (nSPS) is 14.8. The Morgan fingerprint density at radius 2 is 2.04 bits per heavy atom. The topological polar surface area (TPSA) is 81.1 Å². The number of aryl methyl sites for hydroxylation is 2. The number of fused-ring (bicyclic) bond motifs is 3. The molecule has 27 heavy (non-hydrogen) atoms. The summed E-state index contributed by atoms with van der Waals surface area (Å²) in [6.07, 6.45) is 6.40. The van der Waals surface area contributed by atoms with E-state index in [4.69, 9.17) is 4.98 Å². The van der Waals surface area contributed by atoms with E-state index in [0.29, 0.717) is 29.9 Å². The Hall–Kier alpha value is -0.900. The van der Waals surface area contributed by atoms with Gasteiger partial charge in [0.15, 0.2) is 5.16 Å². The van der Waals surface area contributed by atoms with Gasteiger partial charge >= 0.3 is 0 Å². The first-order chi connectivity index (χ1) is 12.8. The molecule has 0 fully saturated rings. The summed E-state index contributed by atoms with van der Waals surface area (Å²) in [4.78, 5) is 20.3. The third kappa shape index (κ3) is 5.13. The van der Waals surface area contributed by atoms with Crippen LogP contribution < -0.4 is 10.3 Å². The van der Waals surface area contributed by atoms with Crippen molar-refractivity contribution in [2.75, 3.05) is 18.6 Å². The number of nitrogens with one attached hydrogen (secondary N) is 1. The number of hydrogen-bond donors (Lipinski definition) is 1. The molecular weight excluding hydrogens is 402 g/mol. The fourth-order valence-electron chi connectivity index (χ4n) is 3.28. The van der Waals surface area contributed by atoms with Crippen LogP contribution in [0.3, 0.4) is 0 Å². The summed E-state index contributed by atoms with van der Waals surface area (Å²) in [6.45, 7) is 5.26. The van der Waals surface area contributed by atoms with Crippen molar-refractivity contribution >= 4 is 43.3 Å². The van der Waals surface area contributed by atoms with E-state index in [2.05, 4.69) is 18.6 Å². The molecule has 0 aromatic carbocycles. The van der Waals surface area contributed by atoms with E-state index in [1.165, 1.54) is 28.6 Å². The molecule has 2 aromatic rings. The summed E-state index contributed by atoms with van der Waals surface area (Å²) in [5.74, 6) is 1.03. The zero-order valence-electron chi connectivity index (χ0n) is 16.1.